The highest BCUT2D eigenvalue weighted by atomic mass is 32.2. The van der Waals surface area contributed by atoms with Gasteiger partial charge in [-0.15, -0.1) is 0 Å². The third-order valence-corrected chi connectivity index (χ3v) is 6.28. The van der Waals surface area contributed by atoms with E-state index in [0.717, 1.165) is 43.2 Å². The van der Waals surface area contributed by atoms with Gasteiger partial charge in [0.15, 0.2) is 0 Å². The van der Waals surface area contributed by atoms with Crippen molar-refractivity contribution in [1.82, 2.24) is 0 Å². The van der Waals surface area contributed by atoms with Crippen LogP contribution >= 0.6 is 0 Å². The molecular weight excluding hydrogens is 378 g/mol. The second-order valence-electron chi connectivity index (χ2n) is 7.03. The predicted molar refractivity (Wildman–Crippen MR) is 110 cm³/mol. The summed E-state index contributed by atoms with van der Waals surface area (Å²) in [5.74, 6) is -0.209. The summed E-state index contributed by atoms with van der Waals surface area (Å²) >= 11 is 0. The van der Waals surface area contributed by atoms with Gasteiger partial charge in [-0.05, 0) is 54.4 Å². The van der Waals surface area contributed by atoms with Gasteiger partial charge in [0.25, 0.3) is 5.91 Å². The lowest BCUT2D eigenvalue weighted by molar-refractivity contribution is 0.102. The highest BCUT2D eigenvalue weighted by molar-refractivity contribution is 7.92. The van der Waals surface area contributed by atoms with Gasteiger partial charge in [0.05, 0.1) is 25.2 Å². The molecule has 0 bridgehead atoms. The molecule has 0 unspecified atom stereocenters. The average molecular weight is 401 g/mol. The molecule has 1 amide bonds. The van der Waals surface area contributed by atoms with E-state index in [1.165, 1.54) is 10.6 Å². The van der Waals surface area contributed by atoms with E-state index in [2.05, 4.69) is 10.2 Å². The lowest BCUT2D eigenvalue weighted by Gasteiger charge is -2.28. The summed E-state index contributed by atoms with van der Waals surface area (Å²) in [4.78, 5) is 14.9. The Labute approximate surface area is 165 Å². The first-order chi connectivity index (χ1) is 13.4. The van der Waals surface area contributed by atoms with Crippen molar-refractivity contribution in [2.75, 3.05) is 53.6 Å². The molecule has 1 saturated heterocycles. The van der Waals surface area contributed by atoms with Gasteiger partial charge in [-0.25, -0.2) is 8.42 Å². The van der Waals surface area contributed by atoms with Crippen LogP contribution in [0.1, 0.15) is 15.9 Å². The zero-order chi connectivity index (χ0) is 19.7. The number of amides is 1. The average Bonchev–Trinajstić information content (AvgIpc) is 3.13. The fourth-order valence-corrected chi connectivity index (χ4v) is 4.60. The lowest BCUT2D eigenvalue weighted by Crippen LogP contribution is -2.36. The predicted octanol–water partition coefficient (Wildman–Crippen LogP) is 2.10. The van der Waals surface area contributed by atoms with Crippen LogP contribution in [0.5, 0.6) is 0 Å². The summed E-state index contributed by atoms with van der Waals surface area (Å²) in [6, 6.07) is 12.9. The zero-order valence-electron chi connectivity index (χ0n) is 15.7. The molecule has 2 aromatic rings. The number of benzene rings is 2. The quantitative estimate of drug-likeness (QED) is 0.849. The number of nitrogens with one attached hydrogen (secondary N) is 1. The van der Waals surface area contributed by atoms with E-state index in [-0.39, 0.29) is 5.91 Å². The minimum Gasteiger partial charge on any atom is -0.378 e. The van der Waals surface area contributed by atoms with Crippen LogP contribution in [-0.2, 0) is 21.2 Å². The van der Waals surface area contributed by atoms with Gasteiger partial charge in [0, 0.05) is 36.6 Å². The standard InChI is InChI=1S/C20H23N3O4S/c1-28(25,26)23-9-8-15-14-16(2-7-19(15)23)20(24)21-17-3-5-18(6-4-17)22-10-12-27-13-11-22/h2-7,14H,8-13H2,1H3,(H,21,24). The van der Waals surface area contributed by atoms with Gasteiger partial charge < -0.3 is 15.0 Å². The van der Waals surface area contributed by atoms with Crippen molar-refractivity contribution in [2.24, 2.45) is 0 Å². The molecule has 0 atom stereocenters. The fourth-order valence-electron chi connectivity index (χ4n) is 3.64. The second kappa shape index (κ2) is 7.44. The molecule has 2 aliphatic heterocycles. The molecule has 2 heterocycles. The number of carbonyl (C=O) groups excluding carboxylic acids is 1. The number of sulfonamides is 1. The third-order valence-electron chi connectivity index (χ3n) is 5.10. The topological polar surface area (TPSA) is 79.0 Å². The number of carbonyl (C=O) groups is 1. The van der Waals surface area contributed by atoms with Crippen molar-refractivity contribution in [3.05, 3.63) is 53.6 Å². The Hall–Kier alpha value is -2.58. The van der Waals surface area contributed by atoms with E-state index in [9.17, 15) is 13.2 Å². The van der Waals surface area contributed by atoms with Gasteiger partial charge in [-0.1, -0.05) is 0 Å². The van der Waals surface area contributed by atoms with Crippen LogP contribution in [0.2, 0.25) is 0 Å². The first kappa shape index (κ1) is 18.8. The van der Waals surface area contributed by atoms with Crippen molar-refractivity contribution in [3.8, 4) is 0 Å². The van der Waals surface area contributed by atoms with Crippen molar-refractivity contribution in [3.63, 3.8) is 0 Å². The maximum atomic E-state index is 12.6. The Bertz CT molecular complexity index is 983. The Morgan fingerprint density at radius 1 is 1.04 bits per heavy atom. The number of hydrogen-bond donors (Lipinski definition) is 1. The summed E-state index contributed by atoms with van der Waals surface area (Å²) in [6.07, 6.45) is 1.81. The maximum absolute atomic E-state index is 12.6. The van der Waals surface area contributed by atoms with Gasteiger partial charge in [-0.2, -0.15) is 0 Å². The van der Waals surface area contributed by atoms with E-state index in [1.807, 2.05) is 24.3 Å². The SMILES string of the molecule is CS(=O)(=O)N1CCc2cc(C(=O)Nc3ccc(N4CCOCC4)cc3)ccc21. The van der Waals surface area contributed by atoms with Crippen LogP contribution < -0.4 is 14.5 Å². The molecule has 0 spiro atoms. The molecule has 1 fully saturated rings. The van der Waals surface area contributed by atoms with Crippen molar-refractivity contribution >= 4 is 33.0 Å². The first-order valence-electron chi connectivity index (χ1n) is 9.26. The van der Waals surface area contributed by atoms with Gasteiger partial charge in [0.2, 0.25) is 10.0 Å². The second-order valence-corrected chi connectivity index (χ2v) is 8.94. The molecule has 8 heteroatoms. The maximum Gasteiger partial charge on any atom is 0.255 e. The molecule has 2 aliphatic rings. The lowest BCUT2D eigenvalue weighted by atomic mass is 10.1. The number of anilines is 3. The Balaban J connectivity index is 1.45. The summed E-state index contributed by atoms with van der Waals surface area (Å²) in [5.41, 5.74) is 3.89. The van der Waals surface area contributed by atoms with Crippen LogP contribution in [0.3, 0.4) is 0 Å². The monoisotopic (exact) mass is 401 g/mol. The molecular formula is C20H23N3O4S. The van der Waals surface area contributed by atoms with Crippen LogP contribution in [-0.4, -0.2) is 53.4 Å². The number of ether oxygens (including phenoxy) is 1. The summed E-state index contributed by atoms with van der Waals surface area (Å²) in [7, 11) is -3.29. The minimum absolute atomic E-state index is 0.209. The molecule has 7 nitrogen and oxygen atoms in total. The van der Waals surface area contributed by atoms with E-state index in [1.54, 1.807) is 18.2 Å². The van der Waals surface area contributed by atoms with Crippen molar-refractivity contribution in [2.45, 2.75) is 6.42 Å². The molecule has 148 valence electrons. The van der Waals surface area contributed by atoms with Crippen molar-refractivity contribution in [1.29, 1.82) is 0 Å². The number of nitrogens with zero attached hydrogens (tertiary/aromatic N) is 2. The van der Waals surface area contributed by atoms with Gasteiger partial charge in [-0.3, -0.25) is 9.10 Å². The molecule has 0 aliphatic carbocycles. The highest BCUT2D eigenvalue weighted by Gasteiger charge is 2.26. The number of fused-ring (bicyclic) bond motifs is 1. The summed E-state index contributed by atoms with van der Waals surface area (Å²) in [6.45, 7) is 3.61. The van der Waals surface area contributed by atoms with Crippen molar-refractivity contribution < 1.29 is 17.9 Å². The van der Waals surface area contributed by atoms with Gasteiger partial charge in [0.1, 0.15) is 0 Å². The van der Waals surface area contributed by atoms with Crippen LogP contribution in [0, 0.1) is 0 Å². The molecule has 1 N–H and O–H groups in total. The summed E-state index contributed by atoms with van der Waals surface area (Å²) in [5, 5.41) is 2.91. The largest absolute Gasteiger partial charge is 0.378 e. The third kappa shape index (κ3) is 3.83. The van der Waals surface area contributed by atoms with E-state index >= 15 is 0 Å². The minimum atomic E-state index is -3.29. The molecule has 0 saturated carbocycles. The van der Waals surface area contributed by atoms with E-state index in [4.69, 9.17) is 4.74 Å². The summed E-state index contributed by atoms with van der Waals surface area (Å²) < 4.78 is 30.4. The Morgan fingerprint density at radius 2 is 1.75 bits per heavy atom. The molecule has 0 radical (unpaired) electrons. The molecule has 0 aromatic heterocycles. The highest BCUT2D eigenvalue weighted by Crippen LogP contribution is 2.31. The zero-order valence-corrected chi connectivity index (χ0v) is 16.5. The number of hydrogen-bond acceptors (Lipinski definition) is 5. The Morgan fingerprint density at radius 3 is 2.43 bits per heavy atom. The van der Waals surface area contributed by atoms with Crippen LogP contribution in [0.15, 0.2) is 42.5 Å². The molecule has 4 rings (SSSR count). The fraction of sp³-hybridized carbons (Fsp3) is 0.350. The normalized spacial score (nSPS) is 16.8. The first-order valence-corrected chi connectivity index (χ1v) is 11.1. The number of morpholine rings is 1. The van der Waals surface area contributed by atoms with Crippen LogP contribution in [0.25, 0.3) is 0 Å². The van der Waals surface area contributed by atoms with E-state index in [0.29, 0.717) is 24.2 Å². The molecule has 2 aromatic carbocycles. The van der Waals surface area contributed by atoms with Crippen LogP contribution in [0.4, 0.5) is 17.1 Å². The smallest absolute Gasteiger partial charge is 0.255 e. The van der Waals surface area contributed by atoms with Gasteiger partial charge >= 0.3 is 0 Å². The molecule has 28 heavy (non-hydrogen) atoms. The number of rotatable bonds is 4. The van der Waals surface area contributed by atoms with E-state index < -0.39 is 10.0 Å². The Kier molecular flexibility index (Phi) is 4.99.